The molecule has 2 unspecified atom stereocenters. The van der Waals surface area contributed by atoms with Crippen molar-refractivity contribution in [2.24, 2.45) is 0 Å². The van der Waals surface area contributed by atoms with Crippen LogP contribution in [-0.4, -0.2) is 0 Å². The first-order valence-corrected chi connectivity index (χ1v) is 37.2. The zero-order valence-corrected chi connectivity index (χ0v) is 61.6. The Morgan fingerprint density at radius 2 is 0.596 bits per heavy atom. The summed E-state index contributed by atoms with van der Waals surface area (Å²) >= 11 is 0. The molecule has 0 amide bonds. The van der Waals surface area contributed by atoms with Crippen LogP contribution in [0.1, 0.15) is 130 Å². The van der Waals surface area contributed by atoms with Crippen molar-refractivity contribution in [3.05, 3.63) is 429 Å². The highest BCUT2D eigenvalue weighted by Gasteiger charge is 2.57. The fourth-order valence-electron chi connectivity index (χ4n) is 19.0. The largest absolute Gasteiger partial charge is 0.457 e. The van der Waals surface area contributed by atoms with E-state index in [0.717, 1.165) is 125 Å². The normalized spacial score (nSPS) is 17.7. The van der Waals surface area contributed by atoms with Gasteiger partial charge in [0.15, 0.2) is 0 Å². The van der Waals surface area contributed by atoms with Gasteiger partial charge in [0.2, 0.25) is 0 Å². The lowest BCUT2D eigenvalue weighted by Gasteiger charge is -2.35. The van der Waals surface area contributed by atoms with Crippen LogP contribution in [0, 0.1) is 37.1 Å². The fraction of sp³-hybridized carbons (Fsp3) is 0.129. The third kappa shape index (κ3) is 11.0. The molecule has 532 valence electrons. The molecule has 0 saturated carbocycles. The standard InChI is InChI=1S/C101H78F4N2O2/c1-9-65-19-41-79(42-20-65)108-81-45-27-69(28-46-81)100(67-23-31-71(102)32-24-67)87-17-13-11-15-83(87)85-49-35-75(57-91(85)100)106(73-39-53-95(104)63(3)55-73)77-37-51-89-93(59-77)99(61-97(89,5)6)62-98(7,8)90-52-38-78(60-94(90)99)107(74-40-54-96(105)64(4)56-74)76-36-50-86-84-16-12-14-18-88(84)101(92(86)58-76,68-25-33-72(103)34-26-68)70-29-47-82(48-30-70)109-80-43-21-66(10-2)22-44-80/h9-60H,1-2,61-62H2,3-8H3. The Labute approximate surface area is 634 Å². The maximum atomic E-state index is 15.9. The Balaban J connectivity index is 0.795. The minimum absolute atomic E-state index is 0.294. The Kier molecular flexibility index (Phi) is 16.2. The molecular weight excluding hydrogens is 1350 g/mol. The smallest absolute Gasteiger partial charge is 0.127 e. The molecule has 18 rings (SSSR count). The minimum Gasteiger partial charge on any atom is -0.457 e. The van der Waals surface area contributed by atoms with E-state index < -0.39 is 16.2 Å². The summed E-state index contributed by atoms with van der Waals surface area (Å²) in [5.41, 5.74) is 22.1. The zero-order chi connectivity index (χ0) is 74.9. The number of halogens is 4. The van der Waals surface area contributed by atoms with Crippen LogP contribution >= 0.6 is 0 Å². The Morgan fingerprint density at radius 3 is 0.945 bits per heavy atom. The van der Waals surface area contributed by atoms with Crippen molar-refractivity contribution in [2.75, 3.05) is 9.80 Å². The van der Waals surface area contributed by atoms with Gasteiger partial charge in [-0.15, -0.1) is 0 Å². The van der Waals surface area contributed by atoms with E-state index >= 15 is 17.6 Å². The van der Waals surface area contributed by atoms with E-state index in [0.29, 0.717) is 34.1 Å². The number of nitrogens with zero attached hydrogens (tertiary/aromatic N) is 2. The second-order valence-electron chi connectivity index (χ2n) is 31.1. The molecule has 14 aromatic rings. The average molecular weight is 1430 g/mol. The quantitative estimate of drug-likeness (QED) is 0.0900. The molecule has 109 heavy (non-hydrogen) atoms. The van der Waals surface area contributed by atoms with E-state index in [1.807, 2.05) is 135 Å². The molecule has 1 spiro atoms. The fourth-order valence-corrected chi connectivity index (χ4v) is 19.0. The highest BCUT2D eigenvalue weighted by Crippen LogP contribution is 2.66. The summed E-state index contributed by atoms with van der Waals surface area (Å²) in [6, 6.07) is 101. The third-order valence-corrected chi connectivity index (χ3v) is 23.7. The Morgan fingerprint density at radius 1 is 0.303 bits per heavy atom. The number of rotatable bonds is 16. The van der Waals surface area contributed by atoms with Gasteiger partial charge in [-0.05, 0) is 307 Å². The number of aryl methyl sites for hydroxylation is 2. The van der Waals surface area contributed by atoms with E-state index in [2.05, 4.69) is 196 Å². The van der Waals surface area contributed by atoms with Gasteiger partial charge in [-0.25, -0.2) is 17.6 Å². The van der Waals surface area contributed by atoms with Gasteiger partial charge in [-0.1, -0.05) is 199 Å². The van der Waals surface area contributed by atoms with Gasteiger partial charge >= 0.3 is 0 Å². The highest BCUT2D eigenvalue weighted by molar-refractivity contribution is 5.92. The van der Waals surface area contributed by atoms with Crippen LogP contribution in [0.4, 0.5) is 51.7 Å². The van der Waals surface area contributed by atoms with Crippen LogP contribution in [0.2, 0.25) is 0 Å². The van der Waals surface area contributed by atoms with Gasteiger partial charge in [0.1, 0.15) is 46.3 Å². The van der Waals surface area contributed by atoms with Crippen LogP contribution in [0.5, 0.6) is 23.0 Å². The van der Waals surface area contributed by atoms with Gasteiger partial charge in [-0.3, -0.25) is 0 Å². The lowest BCUT2D eigenvalue weighted by Crippen LogP contribution is -2.29. The number of fused-ring (bicyclic) bond motifs is 10. The van der Waals surface area contributed by atoms with Crippen molar-refractivity contribution in [1.82, 2.24) is 0 Å². The van der Waals surface area contributed by atoms with Crippen molar-refractivity contribution in [3.8, 4) is 45.3 Å². The van der Waals surface area contributed by atoms with Crippen molar-refractivity contribution in [1.29, 1.82) is 0 Å². The van der Waals surface area contributed by atoms with Crippen LogP contribution in [-0.2, 0) is 27.1 Å². The molecule has 4 aliphatic rings. The summed E-state index contributed by atoms with van der Waals surface area (Å²) in [6.45, 7) is 20.9. The van der Waals surface area contributed by atoms with Crippen molar-refractivity contribution in [3.63, 3.8) is 0 Å². The molecule has 0 radical (unpaired) electrons. The summed E-state index contributed by atoms with van der Waals surface area (Å²) in [5.74, 6) is 1.46. The van der Waals surface area contributed by atoms with Gasteiger partial charge < -0.3 is 19.3 Å². The molecule has 0 saturated heterocycles. The Bertz CT molecular complexity index is 5610. The monoisotopic (exact) mass is 1430 g/mol. The molecule has 0 aliphatic heterocycles. The van der Waals surface area contributed by atoms with E-state index in [1.54, 1.807) is 48.6 Å². The molecule has 4 aliphatic carbocycles. The highest BCUT2D eigenvalue weighted by atomic mass is 19.1. The lowest BCUT2D eigenvalue weighted by molar-refractivity contribution is 0.349. The minimum atomic E-state index is -0.938. The van der Waals surface area contributed by atoms with E-state index in [9.17, 15) is 0 Å². The van der Waals surface area contributed by atoms with Crippen LogP contribution < -0.4 is 19.3 Å². The number of ether oxygens (including phenoxy) is 2. The molecule has 0 N–H and O–H groups in total. The van der Waals surface area contributed by atoms with Crippen LogP contribution in [0.3, 0.4) is 0 Å². The first kappa shape index (κ1) is 68.3. The van der Waals surface area contributed by atoms with E-state index in [-0.39, 0.29) is 34.1 Å². The SMILES string of the molecule is C=Cc1ccc(Oc2ccc(C3(c4ccc(F)cc4)c4ccccc4-c4ccc(N(c5ccc(F)c(C)c5)c5ccc6c(c5)C5(CC6(C)C)CC(C)(C)c6ccc(N(c7ccc(F)c(C)c7)c7ccc8c(c7)C(c7ccc(F)cc7)(c7ccc(Oc9ccc(C=C)cc9)cc7)c7ccccc7-8)cc65)cc43)cc2)cc1. The van der Waals surface area contributed by atoms with Gasteiger partial charge in [0.25, 0.3) is 0 Å². The van der Waals surface area contributed by atoms with Gasteiger partial charge in [0.05, 0.1) is 10.8 Å². The summed E-state index contributed by atoms with van der Waals surface area (Å²) in [5, 5.41) is 0. The first-order chi connectivity index (χ1) is 52.8. The molecule has 0 aromatic heterocycles. The van der Waals surface area contributed by atoms with Gasteiger partial charge in [-0.2, -0.15) is 0 Å². The third-order valence-electron chi connectivity index (χ3n) is 23.7. The first-order valence-electron chi connectivity index (χ1n) is 37.2. The lowest BCUT2D eigenvalue weighted by atomic mass is 9.67. The number of anilines is 6. The van der Waals surface area contributed by atoms with E-state index in [1.165, 1.54) is 22.3 Å². The Hall–Kier alpha value is -12.5. The molecule has 0 bridgehead atoms. The molecule has 0 heterocycles. The van der Waals surface area contributed by atoms with Crippen LogP contribution in [0.15, 0.2) is 316 Å². The molecule has 4 nitrogen and oxygen atoms in total. The van der Waals surface area contributed by atoms with E-state index in [4.69, 9.17) is 9.47 Å². The molecule has 2 atom stereocenters. The maximum Gasteiger partial charge on any atom is 0.127 e. The second-order valence-corrected chi connectivity index (χ2v) is 31.1. The summed E-state index contributed by atoms with van der Waals surface area (Å²) < 4.78 is 75.5. The van der Waals surface area contributed by atoms with Gasteiger partial charge in [0, 0.05) is 39.5 Å². The maximum absolute atomic E-state index is 15.9. The predicted molar refractivity (Wildman–Crippen MR) is 435 cm³/mol. The predicted octanol–water partition coefficient (Wildman–Crippen LogP) is 27.0. The molecular formula is C101H78F4N2O2. The molecule has 0 fully saturated rings. The number of benzene rings is 14. The van der Waals surface area contributed by atoms with Crippen molar-refractivity contribution in [2.45, 2.75) is 81.5 Å². The summed E-state index contributed by atoms with van der Waals surface area (Å²) in [6.07, 6.45) is 5.24. The summed E-state index contributed by atoms with van der Waals surface area (Å²) in [4.78, 5) is 4.55. The number of hydrogen-bond acceptors (Lipinski definition) is 4. The molecule has 14 aromatic carbocycles. The van der Waals surface area contributed by atoms with Crippen LogP contribution in [0.25, 0.3) is 34.4 Å². The average Bonchev–Trinajstić information content (AvgIpc) is 1.54. The zero-order valence-electron chi connectivity index (χ0n) is 61.6. The topological polar surface area (TPSA) is 24.9 Å². The molecule has 8 heteroatoms. The van der Waals surface area contributed by atoms with Crippen molar-refractivity contribution < 1.29 is 27.0 Å². The number of hydrogen-bond donors (Lipinski definition) is 0. The van der Waals surface area contributed by atoms with Crippen molar-refractivity contribution >= 4 is 46.3 Å². The summed E-state index contributed by atoms with van der Waals surface area (Å²) in [7, 11) is 0. The second kappa shape index (κ2) is 25.9.